The Morgan fingerprint density at radius 1 is 0.224 bits per heavy atom. The molecule has 0 bridgehead atoms. The maximum Gasteiger partial charge on any atom is 0.0142 e. The first-order valence-electron chi connectivity index (χ1n) is 25.4. The van der Waals surface area contributed by atoms with Crippen molar-refractivity contribution in [2.75, 3.05) is 0 Å². The SMILES string of the molecule is CC(C)c1cccc(C(C)C)c1-c1cc(-c2cc(I)cc(-c3cc(-c4c(C(C)C)cccc4C(C)C)cc(-c4c(C(C)C)cccc4C(C)C)c3)c2)cc(-c2c(C(C)C)cccc2C(C)C)c1. The highest BCUT2D eigenvalue weighted by Crippen LogP contribution is 2.47. The zero-order chi connectivity index (χ0) is 48.6. The van der Waals surface area contributed by atoms with Gasteiger partial charge in [0.2, 0.25) is 0 Å². The van der Waals surface area contributed by atoms with Crippen LogP contribution in [0.4, 0.5) is 0 Å². The molecule has 0 fully saturated rings. The molecule has 0 aromatic heterocycles. The molecule has 0 heterocycles. The number of hydrogen-bond donors (Lipinski definition) is 0. The first-order valence-corrected chi connectivity index (χ1v) is 26.5. The minimum absolute atomic E-state index is 0.384. The fourth-order valence-electron chi connectivity index (χ4n) is 10.6. The van der Waals surface area contributed by atoms with Crippen LogP contribution in [0.25, 0.3) is 66.8 Å². The van der Waals surface area contributed by atoms with E-state index < -0.39 is 0 Å². The number of halogens is 1. The van der Waals surface area contributed by atoms with Crippen LogP contribution in [0, 0.1) is 3.57 Å². The predicted molar refractivity (Wildman–Crippen MR) is 304 cm³/mol. The Bertz CT molecular complexity index is 2410. The second-order valence-corrected chi connectivity index (χ2v) is 23.1. The van der Waals surface area contributed by atoms with E-state index in [4.69, 9.17) is 0 Å². The van der Waals surface area contributed by atoms with Crippen LogP contribution >= 0.6 is 22.6 Å². The first-order chi connectivity index (χ1) is 31.8. The lowest BCUT2D eigenvalue weighted by atomic mass is 9.80. The maximum atomic E-state index is 2.58. The molecule has 7 aromatic rings. The van der Waals surface area contributed by atoms with E-state index in [1.165, 1.54) is 115 Å². The van der Waals surface area contributed by atoms with E-state index in [1.807, 2.05) is 0 Å². The molecular formula is C66H77I. The molecule has 0 aliphatic carbocycles. The fourth-order valence-corrected chi connectivity index (χ4v) is 11.3. The summed E-state index contributed by atoms with van der Waals surface area (Å²) in [6.07, 6.45) is 0. The summed E-state index contributed by atoms with van der Waals surface area (Å²) >= 11 is 2.58. The van der Waals surface area contributed by atoms with Crippen LogP contribution in [0.15, 0.2) is 127 Å². The normalized spacial score (nSPS) is 12.1. The fraction of sp³-hybridized carbons (Fsp3) is 0.364. The summed E-state index contributed by atoms with van der Waals surface area (Å²) in [7, 11) is 0. The average Bonchev–Trinajstić information content (AvgIpc) is 3.29. The van der Waals surface area contributed by atoms with Crippen LogP contribution < -0.4 is 0 Å². The quantitative estimate of drug-likeness (QED) is 0.0953. The largest absolute Gasteiger partial charge is 0.0617 e. The summed E-state index contributed by atoms with van der Waals surface area (Å²) in [4.78, 5) is 0. The van der Waals surface area contributed by atoms with Gasteiger partial charge in [0.05, 0.1) is 0 Å². The van der Waals surface area contributed by atoms with Crippen molar-refractivity contribution in [1.29, 1.82) is 0 Å². The molecule has 0 spiro atoms. The summed E-state index contributed by atoms with van der Waals surface area (Å²) in [6.45, 7) is 37.6. The van der Waals surface area contributed by atoms with Crippen LogP contribution in [0.5, 0.6) is 0 Å². The van der Waals surface area contributed by atoms with E-state index >= 15 is 0 Å². The summed E-state index contributed by atoms with van der Waals surface area (Å²) in [5.41, 5.74) is 27.1. The van der Waals surface area contributed by atoms with Gasteiger partial charge >= 0.3 is 0 Å². The van der Waals surface area contributed by atoms with E-state index in [2.05, 4.69) is 261 Å². The van der Waals surface area contributed by atoms with Crippen molar-refractivity contribution in [2.45, 2.75) is 158 Å². The van der Waals surface area contributed by atoms with Crippen molar-refractivity contribution in [1.82, 2.24) is 0 Å². The molecule has 0 aliphatic rings. The number of benzene rings is 7. The third-order valence-corrected chi connectivity index (χ3v) is 14.7. The summed E-state index contributed by atoms with van der Waals surface area (Å²) in [5.74, 6) is 3.07. The van der Waals surface area contributed by atoms with Crippen LogP contribution in [0.1, 0.15) is 203 Å². The lowest BCUT2D eigenvalue weighted by molar-refractivity contribution is 0.836. The van der Waals surface area contributed by atoms with Crippen molar-refractivity contribution >= 4 is 22.6 Å². The van der Waals surface area contributed by atoms with Crippen LogP contribution in [0.3, 0.4) is 0 Å². The van der Waals surface area contributed by atoms with E-state index in [0.717, 1.165) is 0 Å². The van der Waals surface area contributed by atoms with Gasteiger partial charge < -0.3 is 0 Å². The standard InChI is InChI=1S/C66H77I/c1-38(2)55-21-17-22-56(39(3)4)63(55)50-30-46(31-51(34-50)64-57(40(5)6)23-18-24-58(64)41(7)8)48-29-49(37-54(67)36-48)47-32-52(65-59(42(9)10)25-19-26-60(65)43(11)12)35-53(33-47)66-61(44(13)14)27-20-28-62(66)45(15)16/h17-45H,1-16H3. The Morgan fingerprint density at radius 2 is 0.373 bits per heavy atom. The highest BCUT2D eigenvalue weighted by Gasteiger charge is 2.24. The van der Waals surface area contributed by atoms with E-state index in [-0.39, 0.29) is 0 Å². The second-order valence-electron chi connectivity index (χ2n) is 21.8. The molecule has 67 heavy (non-hydrogen) atoms. The molecule has 7 aromatic carbocycles. The smallest absolute Gasteiger partial charge is 0.0142 e. The summed E-state index contributed by atoms with van der Waals surface area (Å²) in [5, 5.41) is 0. The predicted octanol–water partition coefficient (Wildman–Crippen LogP) is 21.3. The summed E-state index contributed by atoms with van der Waals surface area (Å²) in [6, 6.07) is 50.3. The Morgan fingerprint density at radius 3 is 0.552 bits per heavy atom. The van der Waals surface area contributed by atoms with Crippen molar-refractivity contribution in [3.63, 3.8) is 0 Å². The molecule has 7 rings (SSSR count). The molecule has 0 radical (unpaired) electrons. The third kappa shape index (κ3) is 10.5. The minimum atomic E-state index is 0.384. The lowest BCUT2D eigenvalue weighted by Gasteiger charge is -2.24. The lowest BCUT2D eigenvalue weighted by Crippen LogP contribution is -2.03. The molecule has 0 saturated heterocycles. The Kier molecular flexibility index (Phi) is 15.6. The highest BCUT2D eigenvalue weighted by molar-refractivity contribution is 14.1. The van der Waals surface area contributed by atoms with Crippen molar-refractivity contribution in [3.8, 4) is 66.8 Å². The van der Waals surface area contributed by atoms with Gasteiger partial charge in [-0.3, -0.25) is 0 Å². The molecule has 0 nitrogen and oxygen atoms in total. The Labute approximate surface area is 420 Å². The zero-order valence-corrected chi connectivity index (χ0v) is 45.8. The molecule has 0 atom stereocenters. The molecule has 0 unspecified atom stereocenters. The Balaban J connectivity index is 1.58. The van der Waals surface area contributed by atoms with Gasteiger partial charge in [0, 0.05) is 3.57 Å². The molecule has 348 valence electrons. The second kappa shape index (κ2) is 20.9. The van der Waals surface area contributed by atoms with Gasteiger partial charge in [-0.05, 0) is 236 Å². The minimum Gasteiger partial charge on any atom is -0.0617 e. The molecule has 0 saturated carbocycles. The maximum absolute atomic E-state index is 2.58. The van der Waals surface area contributed by atoms with Gasteiger partial charge in [-0.2, -0.15) is 0 Å². The van der Waals surface area contributed by atoms with Crippen LogP contribution in [0.2, 0.25) is 0 Å². The van der Waals surface area contributed by atoms with Gasteiger partial charge in [0.15, 0.2) is 0 Å². The van der Waals surface area contributed by atoms with E-state index in [0.29, 0.717) is 47.3 Å². The number of rotatable bonds is 14. The van der Waals surface area contributed by atoms with E-state index in [9.17, 15) is 0 Å². The van der Waals surface area contributed by atoms with Gasteiger partial charge in [0.1, 0.15) is 0 Å². The van der Waals surface area contributed by atoms with Gasteiger partial charge in [-0.25, -0.2) is 0 Å². The van der Waals surface area contributed by atoms with Gasteiger partial charge in [-0.1, -0.05) is 184 Å². The molecule has 1 heteroatoms. The van der Waals surface area contributed by atoms with Crippen LogP contribution in [-0.4, -0.2) is 0 Å². The van der Waals surface area contributed by atoms with E-state index in [1.54, 1.807) is 0 Å². The third-order valence-electron chi connectivity index (χ3n) is 14.1. The average molecular weight is 997 g/mol. The topological polar surface area (TPSA) is 0 Å². The Hall–Kier alpha value is -4.73. The summed E-state index contributed by atoms with van der Waals surface area (Å²) < 4.78 is 1.23. The van der Waals surface area contributed by atoms with Crippen molar-refractivity contribution in [3.05, 3.63) is 175 Å². The molecule has 0 amide bonds. The van der Waals surface area contributed by atoms with Gasteiger partial charge in [-0.15, -0.1) is 0 Å². The van der Waals surface area contributed by atoms with Crippen molar-refractivity contribution < 1.29 is 0 Å². The van der Waals surface area contributed by atoms with Crippen LogP contribution in [-0.2, 0) is 0 Å². The monoisotopic (exact) mass is 997 g/mol. The zero-order valence-electron chi connectivity index (χ0n) is 43.6. The van der Waals surface area contributed by atoms with Crippen molar-refractivity contribution in [2.24, 2.45) is 0 Å². The molecular weight excluding hydrogens is 920 g/mol. The van der Waals surface area contributed by atoms with Gasteiger partial charge in [0.25, 0.3) is 0 Å². The highest BCUT2D eigenvalue weighted by atomic mass is 127. The number of hydrogen-bond acceptors (Lipinski definition) is 0. The molecule has 0 N–H and O–H groups in total. The first kappa shape index (κ1) is 50.2. The molecule has 0 aliphatic heterocycles.